The molecule has 1 saturated heterocycles. The van der Waals surface area contributed by atoms with Crippen molar-refractivity contribution in [3.8, 4) is 0 Å². The minimum atomic E-state index is -0.860. The first-order chi connectivity index (χ1) is 13.9. The fourth-order valence-electron chi connectivity index (χ4n) is 3.56. The normalized spacial score (nSPS) is 18.1. The van der Waals surface area contributed by atoms with Crippen molar-refractivity contribution in [2.24, 2.45) is 0 Å². The van der Waals surface area contributed by atoms with Crippen LogP contribution in [0.4, 0.5) is 29.0 Å². The number of nitrogens with zero attached hydrogens (tertiary/aromatic N) is 4. The van der Waals surface area contributed by atoms with E-state index in [4.69, 9.17) is 5.73 Å². The maximum absolute atomic E-state index is 12.8. The molecule has 29 heavy (non-hydrogen) atoms. The van der Waals surface area contributed by atoms with Gasteiger partial charge in [-0.15, -0.1) is 0 Å². The first kappa shape index (κ1) is 18.6. The van der Waals surface area contributed by atoms with E-state index in [0.717, 1.165) is 25.9 Å². The minimum Gasteiger partial charge on any atom is -0.383 e. The second kappa shape index (κ2) is 7.34. The molecular weight excluding hydrogens is 378 g/mol. The Balaban J connectivity index is 1.60. The summed E-state index contributed by atoms with van der Waals surface area (Å²) in [7, 11) is 0. The highest BCUT2D eigenvalue weighted by Crippen LogP contribution is 2.37. The van der Waals surface area contributed by atoms with Gasteiger partial charge in [0.1, 0.15) is 11.6 Å². The van der Waals surface area contributed by atoms with Gasteiger partial charge in [-0.1, -0.05) is 0 Å². The van der Waals surface area contributed by atoms with Gasteiger partial charge in [0.05, 0.1) is 16.4 Å². The first-order valence-corrected chi connectivity index (χ1v) is 9.20. The Kier molecular flexibility index (Phi) is 4.71. The number of aromatic nitrogens is 2. The highest BCUT2D eigenvalue weighted by molar-refractivity contribution is 6.05. The van der Waals surface area contributed by atoms with E-state index < -0.39 is 16.7 Å². The van der Waals surface area contributed by atoms with E-state index in [-0.39, 0.29) is 29.7 Å². The van der Waals surface area contributed by atoms with Gasteiger partial charge in [0.15, 0.2) is 0 Å². The van der Waals surface area contributed by atoms with Crippen molar-refractivity contribution in [3.63, 3.8) is 0 Å². The van der Waals surface area contributed by atoms with Crippen molar-refractivity contribution in [3.05, 3.63) is 39.9 Å². The van der Waals surface area contributed by atoms with Crippen LogP contribution in [-0.2, 0) is 9.59 Å². The Morgan fingerprint density at radius 3 is 2.59 bits per heavy atom. The zero-order valence-corrected chi connectivity index (χ0v) is 15.4. The Morgan fingerprint density at radius 2 is 1.93 bits per heavy atom. The zero-order chi connectivity index (χ0) is 20.5. The summed E-state index contributed by atoms with van der Waals surface area (Å²) < 4.78 is 0. The second-order valence-corrected chi connectivity index (χ2v) is 6.96. The van der Waals surface area contributed by atoms with E-state index in [2.05, 4.69) is 20.6 Å². The Hall–Kier alpha value is -3.76. The standard InChI is InChI=1S/C18H19N7O4/c19-15-14-12(17(27)20-10-3-5-11(6-4-10)25(28)29)9-13(26)21-16(14)23-18(22-15)24-7-1-2-8-24/h3-6,12H,1-2,7-9H2,(H,20,27)(H3,19,21,22,23,26)/t12-/m0/s1. The second-order valence-electron chi connectivity index (χ2n) is 6.96. The summed E-state index contributed by atoms with van der Waals surface area (Å²) in [4.78, 5) is 46.0. The predicted molar refractivity (Wildman–Crippen MR) is 106 cm³/mol. The fraction of sp³-hybridized carbons (Fsp3) is 0.333. The Labute approximate surface area is 165 Å². The third-order valence-electron chi connectivity index (χ3n) is 5.01. The molecule has 2 aromatic rings. The molecule has 0 radical (unpaired) electrons. The van der Waals surface area contributed by atoms with Gasteiger partial charge in [0.2, 0.25) is 17.8 Å². The molecule has 0 bridgehead atoms. The van der Waals surface area contributed by atoms with E-state index in [1.807, 2.05) is 4.90 Å². The number of carbonyl (C=O) groups is 2. The van der Waals surface area contributed by atoms with Crippen LogP contribution in [-0.4, -0.2) is 39.8 Å². The highest BCUT2D eigenvalue weighted by Gasteiger charge is 2.35. The quantitative estimate of drug-likeness (QED) is 0.519. The van der Waals surface area contributed by atoms with Gasteiger partial charge in [-0.05, 0) is 25.0 Å². The van der Waals surface area contributed by atoms with Crippen molar-refractivity contribution in [2.75, 3.05) is 34.4 Å². The lowest BCUT2D eigenvalue weighted by atomic mass is 9.92. The van der Waals surface area contributed by atoms with E-state index >= 15 is 0 Å². The molecule has 2 aliphatic rings. The van der Waals surface area contributed by atoms with Crippen molar-refractivity contribution in [1.82, 2.24) is 9.97 Å². The molecule has 1 atom stereocenters. The number of nitrogens with two attached hydrogens (primary N) is 1. The van der Waals surface area contributed by atoms with Gasteiger partial charge in [-0.25, -0.2) is 0 Å². The third kappa shape index (κ3) is 3.66. The van der Waals surface area contributed by atoms with Crippen molar-refractivity contribution in [1.29, 1.82) is 0 Å². The maximum atomic E-state index is 12.8. The largest absolute Gasteiger partial charge is 0.383 e. The summed E-state index contributed by atoms with van der Waals surface area (Å²) >= 11 is 0. The van der Waals surface area contributed by atoms with Crippen LogP contribution in [0.5, 0.6) is 0 Å². The number of nitrogen functional groups attached to an aromatic ring is 1. The van der Waals surface area contributed by atoms with Crippen molar-refractivity contribution < 1.29 is 14.5 Å². The topological polar surface area (TPSA) is 156 Å². The van der Waals surface area contributed by atoms with Gasteiger partial charge >= 0.3 is 0 Å². The number of hydrogen-bond donors (Lipinski definition) is 3. The lowest BCUT2D eigenvalue weighted by Gasteiger charge is -2.26. The summed E-state index contributed by atoms with van der Waals surface area (Å²) in [5.74, 6) is -0.816. The minimum absolute atomic E-state index is 0.0857. The van der Waals surface area contributed by atoms with Gasteiger partial charge in [-0.3, -0.25) is 19.7 Å². The molecule has 1 aromatic carbocycles. The van der Waals surface area contributed by atoms with Crippen LogP contribution in [0, 0.1) is 10.1 Å². The van der Waals surface area contributed by atoms with Crippen LogP contribution in [0.2, 0.25) is 0 Å². The third-order valence-corrected chi connectivity index (χ3v) is 5.01. The summed E-state index contributed by atoms with van der Waals surface area (Å²) in [5.41, 5.74) is 6.82. The predicted octanol–water partition coefficient (Wildman–Crippen LogP) is 1.63. The molecule has 1 aromatic heterocycles. The zero-order valence-electron chi connectivity index (χ0n) is 15.4. The highest BCUT2D eigenvalue weighted by atomic mass is 16.6. The van der Waals surface area contributed by atoms with E-state index in [1.165, 1.54) is 24.3 Å². The molecule has 0 spiro atoms. The number of carbonyl (C=O) groups excluding carboxylic acids is 2. The Morgan fingerprint density at radius 1 is 1.24 bits per heavy atom. The van der Waals surface area contributed by atoms with Crippen LogP contribution >= 0.6 is 0 Å². The molecular formula is C18H19N7O4. The fourth-order valence-corrected chi connectivity index (χ4v) is 3.56. The molecule has 4 N–H and O–H groups in total. The summed E-state index contributed by atoms with van der Waals surface area (Å²) in [5, 5.41) is 16.1. The first-order valence-electron chi connectivity index (χ1n) is 9.20. The number of amides is 2. The molecule has 0 saturated carbocycles. The number of non-ortho nitro benzene ring substituents is 1. The number of nitro benzene ring substituents is 1. The van der Waals surface area contributed by atoms with Crippen LogP contribution in [0.25, 0.3) is 0 Å². The monoisotopic (exact) mass is 397 g/mol. The summed E-state index contributed by atoms with van der Waals surface area (Å²) in [6, 6.07) is 5.43. The number of rotatable bonds is 4. The van der Waals surface area contributed by atoms with Crippen molar-refractivity contribution in [2.45, 2.75) is 25.2 Å². The van der Waals surface area contributed by atoms with E-state index in [0.29, 0.717) is 17.2 Å². The van der Waals surface area contributed by atoms with E-state index in [9.17, 15) is 19.7 Å². The lowest BCUT2D eigenvalue weighted by Crippen LogP contribution is -2.33. The molecule has 2 aliphatic heterocycles. The SMILES string of the molecule is Nc1nc(N2CCCC2)nc2c1[C@@H](C(=O)Nc1ccc([N+](=O)[O-])cc1)CC(=O)N2. The van der Waals surface area contributed by atoms with Crippen LogP contribution in [0.3, 0.4) is 0 Å². The molecule has 2 amide bonds. The number of anilines is 4. The summed E-state index contributed by atoms with van der Waals surface area (Å²) in [6.45, 7) is 1.63. The van der Waals surface area contributed by atoms with Crippen LogP contribution < -0.4 is 21.3 Å². The van der Waals surface area contributed by atoms with Gasteiger partial charge < -0.3 is 21.3 Å². The van der Waals surface area contributed by atoms with Gasteiger partial charge in [0, 0.05) is 37.3 Å². The lowest BCUT2D eigenvalue weighted by molar-refractivity contribution is -0.384. The molecule has 11 nitrogen and oxygen atoms in total. The molecule has 1 fully saturated rings. The van der Waals surface area contributed by atoms with Crippen molar-refractivity contribution >= 4 is 40.8 Å². The number of fused-ring (bicyclic) bond motifs is 1. The van der Waals surface area contributed by atoms with Crippen LogP contribution in [0.15, 0.2) is 24.3 Å². The molecule has 3 heterocycles. The smallest absolute Gasteiger partial charge is 0.269 e. The Bertz CT molecular complexity index is 986. The van der Waals surface area contributed by atoms with E-state index in [1.54, 1.807) is 0 Å². The number of hydrogen-bond acceptors (Lipinski definition) is 8. The summed E-state index contributed by atoms with van der Waals surface area (Å²) in [6.07, 6.45) is 1.97. The molecule has 4 rings (SSSR count). The van der Waals surface area contributed by atoms with Crippen LogP contribution in [0.1, 0.15) is 30.7 Å². The van der Waals surface area contributed by atoms with Gasteiger partial charge in [-0.2, -0.15) is 9.97 Å². The van der Waals surface area contributed by atoms with Gasteiger partial charge in [0.25, 0.3) is 5.69 Å². The molecule has 11 heteroatoms. The number of nitro groups is 1. The molecule has 0 unspecified atom stereocenters. The maximum Gasteiger partial charge on any atom is 0.269 e. The molecule has 150 valence electrons. The average molecular weight is 397 g/mol. The number of nitrogens with one attached hydrogen (secondary N) is 2. The molecule has 0 aliphatic carbocycles. The number of benzene rings is 1. The average Bonchev–Trinajstić information content (AvgIpc) is 3.22.